The fourth-order valence-electron chi connectivity index (χ4n) is 3.27. The van der Waals surface area contributed by atoms with E-state index in [0.717, 1.165) is 56.0 Å². The van der Waals surface area contributed by atoms with Gasteiger partial charge in [-0.1, -0.05) is 6.92 Å². The molecule has 0 spiro atoms. The number of aromatic nitrogens is 1. The van der Waals surface area contributed by atoms with Crippen LogP contribution in [-0.4, -0.2) is 42.0 Å². The fraction of sp³-hybridized carbons (Fsp3) is 0.500. The molecule has 2 aromatic heterocycles. The van der Waals surface area contributed by atoms with E-state index in [-0.39, 0.29) is 5.91 Å². The Morgan fingerprint density at radius 1 is 1.31 bits per heavy atom. The van der Waals surface area contributed by atoms with Gasteiger partial charge in [0.1, 0.15) is 5.76 Å². The van der Waals surface area contributed by atoms with Gasteiger partial charge in [0, 0.05) is 44.0 Å². The quantitative estimate of drug-likeness (QED) is 0.676. The predicted molar refractivity (Wildman–Crippen MR) is 102 cm³/mol. The standard InChI is InChI=1S/C20H28N4O2/c1-2-18-16(15-24-11-3-4-12-24)13-19(26-18)20(25)23-10-6-9-22-17-7-5-8-21-14-17/h5,7-8,13-14,22H,2-4,6,9-12,15H2,1H3,(H,23,25). The van der Waals surface area contributed by atoms with Crippen LogP contribution in [0.15, 0.2) is 35.0 Å². The van der Waals surface area contributed by atoms with E-state index < -0.39 is 0 Å². The number of hydrogen-bond acceptors (Lipinski definition) is 5. The summed E-state index contributed by atoms with van der Waals surface area (Å²) in [7, 11) is 0. The van der Waals surface area contributed by atoms with E-state index in [1.807, 2.05) is 18.2 Å². The molecule has 140 valence electrons. The minimum atomic E-state index is -0.131. The van der Waals surface area contributed by atoms with E-state index in [0.29, 0.717) is 12.3 Å². The molecule has 0 atom stereocenters. The van der Waals surface area contributed by atoms with Crippen molar-refractivity contribution in [3.63, 3.8) is 0 Å². The van der Waals surface area contributed by atoms with E-state index in [1.165, 1.54) is 12.8 Å². The number of anilines is 1. The minimum Gasteiger partial charge on any atom is -0.456 e. The third kappa shape index (κ3) is 5.08. The normalized spacial score (nSPS) is 14.5. The van der Waals surface area contributed by atoms with Crippen LogP contribution in [0.2, 0.25) is 0 Å². The number of nitrogens with one attached hydrogen (secondary N) is 2. The van der Waals surface area contributed by atoms with Crippen LogP contribution in [0, 0.1) is 0 Å². The lowest BCUT2D eigenvalue weighted by molar-refractivity contribution is 0.0924. The Labute approximate surface area is 155 Å². The summed E-state index contributed by atoms with van der Waals surface area (Å²) in [4.78, 5) is 18.8. The number of nitrogens with zero attached hydrogens (tertiary/aromatic N) is 2. The Morgan fingerprint density at radius 3 is 2.88 bits per heavy atom. The van der Waals surface area contributed by atoms with Crippen LogP contribution in [-0.2, 0) is 13.0 Å². The smallest absolute Gasteiger partial charge is 0.287 e. The van der Waals surface area contributed by atoms with E-state index in [2.05, 4.69) is 27.4 Å². The van der Waals surface area contributed by atoms with Crippen LogP contribution in [0.25, 0.3) is 0 Å². The summed E-state index contributed by atoms with van der Waals surface area (Å²) in [5.74, 6) is 1.23. The van der Waals surface area contributed by atoms with Gasteiger partial charge in [0.25, 0.3) is 5.91 Å². The van der Waals surface area contributed by atoms with Crippen LogP contribution in [0.3, 0.4) is 0 Å². The first kappa shape index (κ1) is 18.5. The van der Waals surface area contributed by atoms with Crippen LogP contribution in [0.1, 0.15) is 48.1 Å². The highest BCUT2D eigenvalue weighted by Gasteiger charge is 2.19. The first-order valence-electron chi connectivity index (χ1n) is 9.52. The molecule has 1 aliphatic heterocycles. The van der Waals surface area contributed by atoms with Gasteiger partial charge in [-0.05, 0) is 50.6 Å². The highest BCUT2D eigenvalue weighted by molar-refractivity contribution is 5.91. The summed E-state index contributed by atoms with van der Waals surface area (Å²) in [5.41, 5.74) is 2.14. The molecule has 2 aromatic rings. The van der Waals surface area contributed by atoms with Crippen molar-refractivity contribution in [3.8, 4) is 0 Å². The monoisotopic (exact) mass is 356 g/mol. The molecule has 1 saturated heterocycles. The van der Waals surface area contributed by atoms with Crippen molar-refractivity contribution >= 4 is 11.6 Å². The fourth-order valence-corrected chi connectivity index (χ4v) is 3.27. The number of aryl methyl sites for hydroxylation is 1. The number of hydrogen-bond donors (Lipinski definition) is 2. The van der Waals surface area contributed by atoms with Crippen LogP contribution >= 0.6 is 0 Å². The molecular weight excluding hydrogens is 328 g/mol. The maximum absolute atomic E-state index is 12.3. The van der Waals surface area contributed by atoms with Crippen molar-refractivity contribution in [3.05, 3.63) is 47.7 Å². The lowest BCUT2D eigenvalue weighted by atomic mass is 10.2. The number of pyridine rings is 1. The van der Waals surface area contributed by atoms with Gasteiger partial charge < -0.3 is 15.1 Å². The van der Waals surface area contributed by atoms with Crippen LogP contribution < -0.4 is 10.6 Å². The molecule has 0 saturated carbocycles. The second-order valence-electron chi connectivity index (χ2n) is 6.67. The first-order chi connectivity index (χ1) is 12.8. The zero-order chi connectivity index (χ0) is 18.2. The molecule has 0 aliphatic carbocycles. The molecule has 26 heavy (non-hydrogen) atoms. The van der Waals surface area contributed by atoms with Gasteiger partial charge in [0.05, 0.1) is 5.69 Å². The molecule has 1 fully saturated rings. The third-order valence-electron chi connectivity index (χ3n) is 4.66. The van der Waals surface area contributed by atoms with E-state index in [1.54, 1.807) is 12.4 Å². The topological polar surface area (TPSA) is 70.4 Å². The lowest BCUT2D eigenvalue weighted by Crippen LogP contribution is -2.25. The number of amides is 1. The molecule has 6 heteroatoms. The number of carbonyl (C=O) groups is 1. The summed E-state index contributed by atoms with van der Waals surface area (Å²) in [6.07, 6.45) is 7.71. The highest BCUT2D eigenvalue weighted by Crippen LogP contribution is 2.20. The summed E-state index contributed by atoms with van der Waals surface area (Å²) in [6.45, 7) is 6.62. The van der Waals surface area contributed by atoms with Gasteiger partial charge in [0.2, 0.25) is 0 Å². The van der Waals surface area contributed by atoms with Crippen molar-refractivity contribution in [2.75, 3.05) is 31.5 Å². The molecule has 0 unspecified atom stereocenters. The third-order valence-corrected chi connectivity index (χ3v) is 4.66. The van der Waals surface area contributed by atoms with E-state index >= 15 is 0 Å². The zero-order valence-electron chi connectivity index (χ0n) is 15.5. The molecule has 2 N–H and O–H groups in total. The molecule has 0 bridgehead atoms. The van der Waals surface area contributed by atoms with Gasteiger partial charge in [-0.2, -0.15) is 0 Å². The average molecular weight is 356 g/mol. The van der Waals surface area contributed by atoms with Crippen LogP contribution in [0.4, 0.5) is 5.69 Å². The number of likely N-dealkylation sites (tertiary alicyclic amines) is 1. The van der Waals surface area contributed by atoms with Gasteiger partial charge in [-0.3, -0.25) is 14.7 Å². The number of carbonyl (C=O) groups excluding carboxylic acids is 1. The van der Waals surface area contributed by atoms with Crippen LogP contribution in [0.5, 0.6) is 0 Å². The molecule has 3 heterocycles. The SMILES string of the molecule is CCc1oc(C(=O)NCCCNc2cccnc2)cc1CN1CCCC1. The molecule has 1 amide bonds. The average Bonchev–Trinajstić information content (AvgIpc) is 3.32. The summed E-state index contributed by atoms with van der Waals surface area (Å²) < 4.78 is 5.80. The van der Waals surface area contributed by atoms with E-state index in [9.17, 15) is 4.79 Å². The van der Waals surface area contributed by atoms with Gasteiger partial charge in [-0.15, -0.1) is 0 Å². The Hall–Kier alpha value is -2.34. The Morgan fingerprint density at radius 2 is 2.15 bits per heavy atom. The highest BCUT2D eigenvalue weighted by atomic mass is 16.4. The lowest BCUT2D eigenvalue weighted by Gasteiger charge is -2.13. The second kappa shape index (κ2) is 9.38. The Bertz CT molecular complexity index is 693. The Balaban J connectivity index is 1.44. The number of furan rings is 1. The maximum atomic E-state index is 12.3. The van der Waals surface area contributed by atoms with Crippen molar-refractivity contribution in [1.82, 2.24) is 15.2 Å². The molecule has 0 radical (unpaired) electrons. The number of rotatable bonds is 9. The van der Waals surface area contributed by atoms with Gasteiger partial charge in [0.15, 0.2) is 5.76 Å². The van der Waals surface area contributed by atoms with Gasteiger partial charge >= 0.3 is 0 Å². The molecule has 1 aliphatic rings. The maximum Gasteiger partial charge on any atom is 0.287 e. The molecule has 0 aromatic carbocycles. The zero-order valence-corrected chi connectivity index (χ0v) is 15.5. The first-order valence-corrected chi connectivity index (χ1v) is 9.52. The summed E-state index contributed by atoms with van der Waals surface area (Å²) >= 11 is 0. The largest absolute Gasteiger partial charge is 0.456 e. The summed E-state index contributed by atoms with van der Waals surface area (Å²) in [6, 6.07) is 5.79. The van der Waals surface area contributed by atoms with Gasteiger partial charge in [-0.25, -0.2) is 0 Å². The van der Waals surface area contributed by atoms with E-state index in [4.69, 9.17) is 4.42 Å². The van der Waals surface area contributed by atoms with Crippen molar-refractivity contribution in [1.29, 1.82) is 0 Å². The van der Waals surface area contributed by atoms with Crippen molar-refractivity contribution in [2.45, 2.75) is 39.2 Å². The molecule has 3 rings (SSSR count). The molecule has 6 nitrogen and oxygen atoms in total. The van der Waals surface area contributed by atoms with Crippen molar-refractivity contribution in [2.24, 2.45) is 0 Å². The predicted octanol–water partition coefficient (Wildman–Crippen LogP) is 3.06. The summed E-state index contributed by atoms with van der Waals surface area (Å²) in [5, 5.41) is 6.22. The minimum absolute atomic E-state index is 0.131. The molecular formula is C20H28N4O2. The second-order valence-corrected chi connectivity index (χ2v) is 6.67. The Kier molecular flexibility index (Phi) is 6.66. The van der Waals surface area contributed by atoms with Crippen molar-refractivity contribution < 1.29 is 9.21 Å².